The van der Waals surface area contributed by atoms with E-state index >= 15 is 0 Å². The number of thioether (sulfide) groups is 1. The first-order valence-corrected chi connectivity index (χ1v) is 10.8. The molecule has 1 atom stereocenters. The molecule has 1 saturated heterocycles. The number of hydrogen-bond donors (Lipinski definition) is 1. The van der Waals surface area contributed by atoms with Gasteiger partial charge in [-0.25, -0.2) is 4.79 Å². The summed E-state index contributed by atoms with van der Waals surface area (Å²) in [4.78, 5) is 14.8. The fourth-order valence-corrected chi connectivity index (χ4v) is 4.60. The van der Waals surface area contributed by atoms with Crippen molar-refractivity contribution in [2.24, 2.45) is 0 Å². The molecule has 1 aliphatic rings. The molecule has 0 radical (unpaired) electrons. The predicted molar refractivity (Wildman–Crippen MR) is 119 cm³/mol. The largest absolute Gasteiger partial charge is 0.489 e. The molecule has 148 valence electrons. The van der Waals surface area contributed by atoms with Crippen LogP contribution in [0, 0.1) is 6.92 Å². The van der Waals surface area contributed by atoms with Crippen molar-refractivity contribution in [3.63, 3.8) is 0 Å². The third-order valence-electron chi connectivity index (χ3n) is 4.93. The standard InChI is InChI=1S/C24H24N2O2S/c1-18-8-5-6-13-22(18)25-24(27)26-14-15-29-23(26)20-11-7-12-21(16-20)28-17-19-9-3-2-4-10-19/h2-13,16,23H,14-15,17H2,1H3,(H,25,27). The monoisotopic (exact) mass is 404 g/mol. The molecule has 1 heterocycles. The van der Waals surface area contributed by atoms with Crippen molar-refractivity contribution in [2.45, 2.75) is 18.9 Å². The van der Waals surface area contributed by atoms with Crippen molar-refractivity contribution in [3.8, 4) is 5.75 Å². The van der Waals surface area contributed by atoms with E-state index in [1.54, 1.807) is 11.8 Å². The molecule has 1 fully saturated rings. The van der Waals surface area contributed by atoms with E-state index in [4.69, 9.17) is 4.74 Å². The highest BCUT2D eigenvalue weighted by Gasteiger charge is 2.31. The first-order valence-electron chi connectivity index (χ1n) is 9.72. The van der Waals surface area contributed by atoms with E-state index in [0.717, 1.165) is 40.4 Å². The normalized spacial score (nSPS) is 15.9. The van der Waals surface area contributed by atoms with Crippen LogP contribution in [0.1, 0.15) is 22.1 Å². The Hall–Kier alpha value is -2.92. The maximum absolute atomic E-state index is 12.9. The second-order valence-corrected chi connectivity index (χ2v) is 8.20. The van der Waals surface area contributed by atoms with Crippen LogP contribution in [0.2, 0.25) is 0 Å². The lowest BCUT2D eigenvalue weighted by Crippen LogP contribution is -2.34. The van der Waals surface area contributed by atoms with E-state index in [0.29, 0.717) is 6.61 Å². The summed E-state index contributed by atoms with van der Waals surface area (Å²) < 4.78 is 5.97. The van der Waals surface area contributed by atoms with Gasteiger partial charge in [0, 0.05) is 18.0 Å². The summed E-state index contributed by atoms with van der Waals surface area (Å²) in [6, 6.07) is 26.0. The second-order valence-electron chi connectivity index (χ2n) is 7.01. The number of urea groups is 1. The quantitative estimate of drug-likeness (QED) is 0.580. The summed E-state index contributed by atoms with van der Waals surface area (Å²) in [6.07, 6.45) is 0. The van der Waals surface area contributed by atoms with Gasteiger partial charge in [0.05, 0.1) is 0 Å². The average Bonchev–Trinajstić information content (AvgIpc) is 3.25. The molecule has 0 aromatic heterocycles. The number of benzene rings is 3. The number of anilines is 1. The van der Waals surface area contributed by atoms with Crippen LogP contribution in [0.5, 0.6) is 5.75 Å². The highest BCUT2D eigenvalue weighted by molar-refractivity contribution is 7.99. The Morgan fingerprint density at radius 3 is 2.69 bits per heavy atom. The Morgan fingerprint density at radius 1 is 1.07 bits per heavy atom. The van der Waals surface area contributed by atoms with E-state index in [-0.39, 0.29) is 11.4 Å². The second kappa shape index (κ2) is 9.05. The Kier molecular flexibility index (Phi) is 6.06. The highest BCUT2D eigenvalue weighted by atomic mass is 32.2. The SMILES string of the molecule is Cc1ccccc1NC(=O)N1CCSC1c1cccc(OCc2ccccc2)c1. The van der Waals surface area contributed by atoms with Crippen LogP contribution in [-0.4, -0.2) is 23.2 Å². The predicted octanol–water partition coefficient (Wildman–Crippen LogP) is 5.85. The molecular weight excluding hydrogens is 380 g/mol. The fraction of sp³-hybridized carbons (Fsp3) is 0.208. The minimum atomic E-state index is -0.0649. The molecule has 0 aliphatic carbocycles. The van der Waals surface area contributed by atoms with Gasteiger partial charge in [0.25, 0.3) is 0 Å². The lowest BCUT2D eigenvalue weighted by atomic mass is 10.2. The molecule has 4 nitrogen and oxygen atoms in total. The summed E-state index contributed by atoms with van der Waals surface area (Å²) in [7, 11) is 0. The van der Waals surface area contributed by atoms with E-state index in [1.807, 2.05) is 84.6 Å². The van der Waals surface area contributed by atoms with Crippen LogP contribution in [0.3, 0.4) is 0 Å². The molecule has 3 aromatic carbocycles. The van der Waals surface area contributed by atoms with Crippen molar-refractivity contribution in [3.05, 3.63) is 95.6 Å². The molecule has 1 unspecified atom stereocenters. The molecule has 2 amide bonds. The lowest BCUT2D eigenvalue weighted by molar-refractivity contribution is 0.214. The molecule has 0 saturated carbocycles. The Labute approximate surface area is 175 Å². The van der Waals surface area contributed by atoms with Gasteiger partial charge in [-0.15, -0.1) is 11.8 Å². The Balaban J connectivity index is 1.45. The highest BCUT2D eigenvalue weighted by Crippen LogP contribution is 2.39. The topological polar surface area (TPSA) is 41.6 Å². The smallest absolute Gasteiger partial charge is 0.323 e. The first-order chi connectivity index (χ1) is 14.2. The van der Waals surface area contributed by atoms with Crippen LogP contribution in [-0.2, 0) is 6.61 Å². The summed E-state index contributed by atoms with van der Waals surface area (Å²) >= 11 is 1.78. The van der Waals surface area contributed by atoms with E-state index in [2.05, 4.69) is 11.4 Å². The van der Waals surface area contributed by atoms with Gasteiger partial charge in [-0.2, -0.15) is 0 Å². The van der Waals surface area contributed by atoms with Crippen LogP contribution in [0.25, 0.3) is 0 Å². The minimum Gasteiger partial charge on any atom is -0.489 e. The van der Waals surface area contributed by atoms with E-state index in [9.17, 15) is 4.79 Å². The molecule has 0 spiro atoms. The zero-order valence-electron chi connectivity index (χ0n) is 16.4. The van der Waals surface area contributed by atoms with Crippen molar-refractivity contribution in [2.75, 3.05) is 17.6 Å². The van der Waals surface area contributed by atoms with Gasteiger partial charge in [0.1, 0.15) is 17.7 Å². The summed E-state index contributed by atoms with van der Waals surface area (Å²) in [5.41, 5.74) is 4.12. The molecule has 4 rings (SSSR count). The molecular formula is C24H24N2O2S. The van der Waals surface area contributed by atoms with E-state index < -0.39 is 0 Å². The number of nitrogens with one attached hydrogen (secondary N) is 1. The number of carbonyl (C=O) groups excluding carboxylic acids is 1. The van der Waals surface area contributed by atoms with Crippen molar-refractivity contribution < 1.29 is 9.53 Å². The van der Waals surface area contributed by atoms with Crippen LogP contribution in [0.4, 0.5) is 10.5 Å². The number of nitrogens with zero attached hydrogens (tertiary/aromatic N) is 1. The van der Waals surface area contributed by atoms with Gasteiger partial charge in [-0.3, -0.25) is 0 Å². The van der Waals surface area contributed by atoms with Crippen LogP contribution < -0.4 is 10.1 Å². The van der Waals surface area contributed by atoms with Gasteiger partial charge in [-0.1, -0.05) is 60.7 Å². The third-order valence-corrected chi connectivity index (χ3v) is 6.19. The zero-order valence-corrected chi connectivity index (χ0v) is 17.2. The fourth-order valence-electron chi connectivity index (χ4n) is 3.35. The van der Waals surface area contributed by atoms with Gasteiger partial charge in [-0.05, 0) is 41.8 Å². The van der Waals surface area contributed by atoms with Gasteiger partial charge in [0.2, 0.25) is 0 Å². The van der Waals surface area contributed by atoms with Gasteiger partial charge < -0.3 is 15.0 Å². The molecule has 0 bridgehead atoms. The third kappa shape index (κ3) is 4.74. The molecule has 1 N–H and O–H groups in total. The number of aryl methyl sites for hydroxylation is 1. The number of para-hydroxylation sites is 1. The van der Waals surface area contributed by atoms with Crippen LogP contribution in [0.15, 0.2) is 78.9 Å². The molecule has 3 aromatic rings. The zero-order chi connectivity index (χ0) is 20.1. The van der Waals surface area contributed by atoms with Crippen molar-refractivity contribution in [1.82, 2.24) is 4.90 Å². The molecule has 1 aliphatic heterocycles. The number of ether oxygens (including phenoxy) is 1. The summed E-state index contributed by atoms with van der Waals surface area (Å²) in [6.45, 7) is 3.25. The number of amides is 2. The van der Waals surface area contributed by atoms with Crippen molar-refractivity contribution in [1.29, 1.82) is 0 Å². The molecule has 29 heavy (non-hydrogen) atoms. The van der Waals surface area contributed by atoms with Crippen molar-refractivity contribution >= 4 is 23.5 Å². The maximum atomic E-state index is 12.9. The lowest BCUT2D eigenvalue weighted by Gasteiger charge is -2.25. The first kappa shape index (κ1) is 19.4. The maximum Gasteiger partial charge on any atom is 0.323 e. The Bertz CT molecular complexity index is 977. The van der Waals surface area contributed by atoms with Crippen LogP contribution >= 0.6 is 11.8 Å². The summed E-state index contributed by atoms with van der Waals surface area (Å²) in [5.74, 6) is 1.74. The molecule has 5 heteroatoms. The number of hydrogen-bond acceptors (Lipinski definition) is 3. The van der Waals surface area contributed by atoms with E-state index in [1.165, 1.54) is 0 Å². The number of carbonyl (C=O) groups is 1. The Morgan fingerprint density at radius 2 is 1.86 bits per heavy atom. The van der Waals surface area contributed by atoms with Gasteiger partial charge in [0.15, 0.2) is 0 Å². The van der Waals surface area contributed by atoms with Gasteiger partial charge >= 0.3 is 6.03 Å². The number of rotatable bonds is 5. The average molecular weight is 405 g/mol. The summed E-state index contributed by atoms with van der Waals surface area (Å²) in [5, 5.41) is 3.04. The minimum absolute atomic E-state index is 0.0145.